The molecule has 0 aromatic heterocycles. The highest BCUT2D eigenvalue weighted by Gasteiger charge is 2.16. The third-order valence-corrected chi connectivity index (χ3v) is 2.18. The molecule has 1 aliphatic heterocycles. The number of rotatable bonds is 3. The maximum atomic E-state index is 5.40. The SMILES string of the molecule is CC(C)NCc1cccc2c1OCO2. The summed E-state index contributed by atoms with van der Waals surface area (Å²) in [5.41, 5.74) is 1.16. The lowest BCUT2D eigenvalue weighted by atomic mass is 10.2. The number of hydrogen-bond donors (Lipinski definition) is 1. The number of benzene rings is 1. The molecule has 1 heterocycles. The number of fused-ring (bicyclic) bond motifs is 1. The van der Waals surface area contributed by atoms with Crippen molar-refractivity contribution in [2.24, 2.45) is 0 Å². The molecule has 0 unspecified atom stereocenters. The van der Waals surface area contributed by atoms with Gasteiger partial charge >= 0.3 is 0 Å². The zero-order valence-electron chi connectivity index (χ0n) is 8.54. The van der Waals surface area contributed by atoms with E-state index >= 15 is 0 Å². The van der Waals surface area contributed by atoms with Gasteiger partial charge in [-0.1, -0.05) is 26.0 Å². The van der Waals surface area contributed by atoms with Crippen LogP contribution in [0.3, 0.4) is 0 Å². The lowest BCUT2D eigenvalue weighted by molar-refractivity contribution is 0.173. The molecule has 0 aliphatic carbocycles. The Kier molecular flexibility index (Phi) is 2.59. The van der Waals surface area contributed by atoms with Gasteiger partial charge in [-0.05, 0) is 6.07 Å². The summed E-state index contributed by atoms with van der Waals surface area (Å²) in [4.78, 5) is 0. The van der Waals surface area contributed by atoms with E-state index in [0.717, 1.165) is 23.6 Å². The standard InChI is InChI=1S/C11H15NO2/c1-8(2)12-6-9-4-3-5-10-11(9)14-7-13-10/h3-5,8,12H,6-7H2,1-2H3. The van der Waals surface area contributed by atoms with Gasteiger partial charge in [0.15, 0.2) is 11.5 Å². The normalized spacial score (nSPS) is 13.6. The summed E-state index contributed by atoms with van der Waals surface area (Å²) in [6, 6.07) is 6.46. The van der Waals surface area contributed by atoms with Crippen LogP contribution in [0.2, 0.25) is 0 Å². The molecule has 0 amide bonds. The summed E-state index contributed by atoms with van der Waals surface area (Å²) in [5.74, 6) is 1.74. The highest BCUT2D eigenvalue weighted by molar-refractivity contribution is 5.48. The van der Waals surface area contributed by atoms with Gasteiger partial charge in [-0.25, -0.2) is 0 Å². The van der Waals surface area contributed by atoms with Crippen LogP contribution in [0.5, 0.6) is 11.5 Å². The average molecular weight is 193 g/mol. The van der Waals surface area contributed by atoms with Crippen LogP contribution in [-0.2, 0) is 6.54 Å². The Balaban J connectivity index is 2.14. The molecular formula is C11H15NO2. The Morgan fingerprint density at radius 2 is 2.21 bits per heavy atom. The number of ether oxygens (including phenoxy) is 2. The van der Waals surface area contributed by atoms with Gasteiger partial charge in [0.1, 0.15) is 0 Å². The molecular weight excluding hydrogens is 178 g/mol. The molecule has 0 saturated carbocycles. The van der Waals surface area contributed by atoms with Crippen LogP contribution in [0.15, 0.2) is 18.2 Å². The van der Waals surface area contributed by atoms with E-state index in [-0.39, 0.29) is 0 Å². The minimum absolute atomic E-state index is 0.341. The van der Waals surface area contributed by atoms with Gasteiger partial charge in [0.25, 0.3) is 0 Å². The summed E-state index contributed by atoms with van der Waals surface area (Å²) in [6.07, 6.45) is 0. The molecule has 0 bridgehead atoms. The Morgan fingerprint density at radius 1 is 1.36 bits per heavy atom. The highest BCUT2D eigenvalue weighted by Crippen LogP contribution is 2.35. The van der Waals surface area contributed by atoms with Gasteiger partial charge in [-0.15, -0.1) is 0 Å². The van der Waals surface area contributed by atoms with Crippen molar-refractivity contribution in [2.75, 3.05) is 6.79 Å². The fourth-order valence-electron chi connectivity index (χ4n) is 1.44. The fourth-order valence-corrected chi connectivity index (χ4v) is 1.44. The Labute approximate surface area is 84.0 Å². The number of para-hydroxylation sites is 1. The first-order valence-electron chi connectivity index (χ1n) is 4.88. The monoisotopic (exact) mass is 193 g/mol. The number of nitrogens with one attached hydrogen (secondary N) is 1. The van der Waals surface area contributed by atoms with Gasteiger partial charge in [0.2, 0.25) is 6.79 Å². The van der Waals surface area contributed by atoms with E-state index in [1.165, 1.54) is 0 Å². The second-order valence-corrected chi connectivity index (χ2v) is 3.69. The van der Waals surface area contributed by atoms with Crippen molar-refractivity contribution in [3.63, 3.8) is 0 Å². The average Bonchev–Trinajstić information content (AvgIpc) is 2.62. The number of hydrogen-bond acceptors (Lipinski definition) is 3. The molecule has 2 rings (SSSR count). The van der Waals surface area contributed by atoms with Crippen molar-refractivity contribution in [1.29, 1.82) is 0 Å². The molecule has 0 atom stereocenters. The van der Waals surface area contributed by atoms with Gasteiger partial charge in [0.05, 0.1) is 0 Å². The predicted molar refractivity (Wildman–Crippen MR) is 54.5 cm³/mol. The topological polar surface area (TPSA) is 30.5 Å². The first kappa shape index (κ1) is 9.34. The Morgan fingerprint density at radius 3 is 3.00 bits per heavy atom. The summed E-state index contributed by atoms with van der Waals surface area (Å²) in [5, 5.41) is 3.36. The second kappa shape index (κ2) is 3.88. The summed E-state index contributed by atoms with van der Waals surface area (Å²) in [7, 11) is 0. The quantitative estimate of drug-likeness (QED) is 0.795. The molecule has 0 spiro atoms. The summed E-state index contributed by atoms with van der Waals surface area (Å²) < 4.78 is 10.7. The van der Waals surface area contributed by atoms with Crippen molar-refractivity contribution in [1.82, 2.24) is 5.32 Å². The van der Waals surface area contributed by atoms with Crippen LogP contribution < -0.4 is 14.8 Å². The van der Waals surface area contributed by atoms with Gasteiger partial charge in [0, 0.05) is 18.2 Å². The lowest BCUT2D eigenvalue weighted by Crippen LogP contribution is -2.21. The molecule has 3 nitrogen and oxygen atoms in total. The van der Waals surface area contributed by atoms with Crippen LogP contribution in [0.25, 0.3) is 0 Å². The molecule has 1 N–H and O–H groups in total. The van der Waals surface area contributed by atoms with Crippen molar-refractivity contribution in [3.05, 3.63) is 23.8 Å². The lowest BCUT2D eigenvalue weighted by Gasteiger charge is -2.09. The predicted octanol–water partition coefficient (Wildman–Crippen LogP) is 1.91. The minimum atomic E-state index is 0.341. The molecule has 3 heteroatoms. The van der Waals surface area contributed by atoms with E-state index in [4.69, 9.17) is 9.47 Å². The van der Waals surface area contributed by atoms with Crippen LogP contribution in [0.4, 0.5) is 0 Å². The first-order valence-corrected chi connectivity index (χ1v) is 4.88. The van der Waals surface area contributed by atoms with E-state index in [9.17, 15) is 0 Å². The second-order valence-electron chi connectivity index (χ2n) is 3.69. The van der Waals surface area contributed by atoms with Crippen LogP contribution in [-0.4, -0.2) is 12.8 Å². The van der Waals surface area contributed by atoms with Gasteiger partial charge < -0.3 is 14.8 Å². The zero-order valence-corrected chi connectivity index (χ0v) is 8.54. The molecule has 76 valence electrons. The fraction of sp³-hybridized carbons (Fsp3) is 0.455. The summed E-state index contributed by atoms with van der Waals surface area (Å²) in [6.45, 7) is 5.42. The van der Waals surface area contributed by atoms with Crippen LogP contribution in [0.1, 0.15) is 19.4 Å². The third kappa shape index (κ3) is 1.82. The van der Waals surface area contributed by atoms with E-state index in [0.29, 0.717) is 12.8 Å². The van der Waals surface area contributed by atoms with Crippen molar-refractivity contribution in [2.45, 2.75) is 26.4 Å². The molecule has 0 radical (unpaired) electrons. The van der Waals surface area contributed by atoms with Gasteiger partial charge in [-0.2, -0.15) is 0 Å². The third-order valence-electron chi connectivity index (χ3n) is 2.18. The van der Waals surface area contributed by atoms with Gasteiger partial charge in [-0.3, -0.25) is 0 Å². The molecule has 0 saturated heterocycles. The maximum absolute atomic E-state index is 5.40. The van der Waals surface area contributed by atoms with E-state index < -0.39 is 0 Å². The smallest absolute Gasteiger partial charge is 0.231 e. The van der Waals surface area contributed by atoms with Crippen LogP contribution >= 0.6 is 0 Å². The van der Waals surface area contributed by atoms with Crippen molar-refractivity contribution >= 4 is 0 Å². The molecule has 0 fully saturated rings. The van der Waals surface area contributed by atoms with Crippen LogP contribution in [0, 0.1) is 0 Å². The molecule has 1 aliphatic rings. The minimum Gasteiger partial charge on any atom is -0.454 e. The first-order chi connectivity index (χ1) is 6.77. The van der Waals surface area contributed by atoms with Crippen molar-refractivity contribution in [3.8, 4) is 11.5 Å². The highest BCUT2D eigenvalue weighted by atomic mass is 16.7. The van der Waals surface area contributed by atoms with E-state index in [1.54, 1.807) is 0 Å². The van der Waals surface area contributed by atoms with E-state index in [2.05, 4.69) is 25.2 Å². The van der Waals surface area contributed by atoms with Crippen molar-refractivity contribution < 1.29 is 9.47 Å². The largest absolute Gasteiger partial charge is 0.454 e. The molecule has 14 heavy (non-hydrogen) atoms. The Hall–Kier alpha value is -1.22. The zero-order chi connectivity index (χ0) is 9.97. The summed E-state index contributed by atoms with van der Waals surface area (Å²) >= 11 is 0. The van der Waals surface area contributed by atoms with E-state index in [1.807, 2.05) is 12.1 Å². The maximum Gasteiger partial charge on any atom is 0.231 e. The molecule has 1 aromatic carbocycles. The molecule has 1 aromatic rings. The Bertz CT molecular complexity index is 323.